The smallest absolute Gasteiger partial charge is 0.206 e. The first-order valence-corrected chi connectivity index (χ1v) is 5.92. The molecular weight excluding hydrogens is 230 g/mol. The number of nitrogens with zero attached hydrogens (tertiary/aromatic N) is 1. The second kappa shape index (κ2) is 4.33. The van der Waals surface area contributed by atoms with Gasteiger partial charge in [0.05, 0.1) is 15.6 Å². The maximum atomic E-state index is 6.05. The molecule has 15 heavy (non-hydrogen) atoms. The zero-order valence-corrected chi connectivity index (χ0v) is 10.1. The van der Waals surface area contributed by atoms with Gasteiger partial charge in [0.2, 0.25) is 5.96 Å². The minimum Gasteiger partial charge on any atom is -0.325 e. The minimum absolute atomic E-state index is 0.265. The highest BCUT2D eigenvalue weighted by Gasteiger charge is 2.15. The third kappa shape index (κ3) is 2.38. The van der Waals surface area contributed by atoms with E-state index in [0.29, 0.717) is 0 Å². The van der Waals surface area contributed by atoms with Crippen LogP contribution in [0, 0.1) is 0 Å². The quantitative estimate of drug-likeness (QED) is 0.742. The van der Waals surface area contributed by atoms with Gasteiger partial charge in [-0.05, 0) is 37.9 Å². The number of fused-ring (bicyclic) bond motifs is 1. The number of halogens is 1. The Balaban J connectivity index is 2.28. The fraction of sp³-hybridized carbons (Fsp3) is 0.300. The first kappa shape index (κ1) is 10.6. The van der Waals surface area contributed by atoms with E-state index in [4.69, 9.17) is 11.6 Å². The SMILES string of the molecule is CC(C)N=C1NSc2c(Cl)cccc2N1. The zero-order chi connectivity index (χ0) is 10.8. The van der Waals surface area contributed by atoms with Crippen LogP contribution in [0.1, 0.15) is 13.8 Å². The normalized spacial score (nSPS) is 17.2. The topological polar surface area (TPSA) is 36.4 Å². The standard InChI is InChI=1S/C10H12ClN3S/c1-6(2)12-10-13-8-5-3-4-7(11)9(8)15-14-10/h3-6H,1-2H3,(H2,12,13,14). The lowest BCUT2D eigenvalue weighted by Gasteiger charge is -2.21. The molecule has 0 spiro atoms. The summed E-state index contributed by atoms with van der Waals surface area (Å²) in [7, 11) is 0. The second-order valence-corrected chi connectivity index (χ2v) is 4.74. The molecule has 1 aromatic carbocycles. The van der Waals surface area contributed by atoms with Crippen molar-refractivity contribution in [1.82, 2.24) is 4.72 Å². The molecule has 0 atom stereocenters. The van der Waals surface area contributed by atoms with Gasteiger partial charge in [-0.15, -0.1) is 0 Å². The molecule has 0 saturated carbocycles. The second-order valence-electron chi connectivity index (χ2n) is 3.52. The van der Waals surface area contributed by atoms with Crippen molar-refractivity contribution in [2.75, 3.05) is 5.32 Å². The van der Waals surface area contributed by atoms with Crippen molar-refractivity contribution in [2.24, 2.45) is 4.99 Å². The molecule has 1 heterocycles. The van der Waals surface area contributed by atoms with Gasteiger partial charge in [-0.3, -0.25) is 4.72 Å². The van der Waals surface area contributed by atoms with Crippen LogP contribution >= 0.6 is 23.5 Å². The molecule has 2 N–H and O–H groups in total. The van der Waals surface area contributed by atoms with Crippen LogP contribution in [0.4, 0.5) is 5.69 Å². The van der Waals surface area contributed by atoms with Crippen LogP contribution in [-0.4, -0.2) is 12.0 Å². The van der Waals surface area contributed by atoms with Crippen LogP contribution in [-0.2, 0) is 0 Å². The molecule has 1 aliphatic rings. The monoisotopic (exact) mass is 241 g/mol. The maximum absolute atomic E-state index is 6.05. The summed E-state index contributed by atoms with van der Waals surface area (Å²) in [5.74, 6) is 0.782. The van der Waals surface area contributed by atoms with E-state index < -0.39 is 0 Å². The highest BCUT2D eigenvalue weighted by Crippen LogP contribution is 2.34. The molecule has 5 heteroatoms. The number of aliphatic imine (C=N–C) groups is 1. The summed E-state index contributed by atoms with van der Waals surface area (Å²) in [6.45, 7) is 4.07. The fourth-order valence-corrected chi connectivity index (χ4v) is 2.27. The Bertz CT molecular complexity index is 404. The predicted molar refractivity (Wildman–Crippen MR) is 66.6 cm³/mol. The molecule has 0 saturated heterocycles. The molecule has 1 aliphatic heterocycles. The highest BCUT2D eigenvalue weighted by atomic mass is 35.5. The van der Waals surface area contributed by atoms with Crippen molar-refractivity contribution in [1.29, 1.82) is 0 Å². The van der Waals surface area contributed by atoms with E-state index in [1.165, 1.54) is 11.9 Å². The average Bonchev–Trinajstić information content (AvgIpc) is 2.17. The third-order valence-electron chi connectivity index (χ3n) is 1.86. The number of hydrogen-bond acceptors (Lipinski definition) is 2. The first-order valence-electron chi connectivity index (χ1n) is 4.73. The van der Waals surface area contributed by atoms with Gasteiger partial charge in [-0.2, -0.15) is 0 Å². The molecule has 0 amide bonds. The van der Waals surface area contributed by atoms with E-state index in [9.17, 15) is 0 Å². The summed E-state index contributed by atoms with van der Waals surface area (Å²) in [5, 5.41) is 3.95. The molecule has 1 aromatic rings. The van der Waals surface area contributed by atoms with Crippen molar-refractivity contribution < 1.29 is 0 Å². The van der Waals surface area contributed by atoms with Gasteiger partial charge in [-0.25, -0.2) is 4.99 Å². The molecule has 3 nitrogen and oxygen atoms in total. The molecular formula is C10H12ClN3S. The zero-order valence-electron chi connectivity index (χ0n) is 8.54. The highest BCUT2D eigenvalue weighted by molar-refractivity contribution is 7.98. The molecule has 0 unspecified atom stereocenters. The van der Waals surface area contributed by atoms with E-state index in [0.717, 1.165) is 21.6 Å². The Morgan fingerprint density at radius 1 is 1.40 bits per heavy atom. The van der Waals surface area contributed by atoms with Crippen LogP contribution < -0.4 is 10.0 Å². The Morgan fingerprint density at radius 3 is 2.93 bits per heavy atom. The van der Waals surface area contributed by atoms with E-state index in [1.807, 2.05) is 32.0 Å². The lowest BCUT2D eigenvalue weighted by atomic mass is 10.3. The summed E-state index contributed by atoms with van der Waals surface area (Å²) in [4.78, 5) is 5.41. The summed E-state index contributed by atoms with van der Waals surface area (Å²) < 4.78 is 3.12. The van der Waals surface area contributed by atoms with Crippen molar-refractivity contribution in [2.45, 2.75) is 24.8 Å². The molecule has 80 valence electrons. The van der Waals surface area contributed by atoms with E-state index in [1.54, 1.807) is 0 Å². The molecule has 0 bridgehead atoms. The van der Waals surface area contributed by atoms with Gasteiger partial charge in [-0.1, -0.05) is 17.7 Å². The molecule has 0 fully saturated rings. The lowest BCUT2D eigenvalue weighted by Crippen LogP contribution is -2.30. The Labute approximate surface area is 98.4 Å². The Hall–Kier alpha value is -0.870. The minimum atomic E-state index is 0.265. The maximum Gasteiger partial charge on any atom is 0.206 e. The number of benzene rings is 1. The number of guanidine groups is 1. The van der Waals surface area contributed by atoms with Crippen molar-refractivity contribution in [3.8, 4) is 0 Å². The number of anilines is 1. The van der Waals surface area contributed by atoms with Gasteiger partial charge >= 0.3 is 0 Å². The fourth-order valence-electron chi connectivity index (χ4n) is 1.28. The van der Waals surface area contributed by atoms with E-state index >= 15 is 0 Å². The van der Waals surface area contributed by atoms with Crippen molar-refractivity contribution in [3.05, 3.63) is 23.2 Å². The summed E-state index contributed by atoms with van der Waals surface area (Å²) >= 11 is 7.55. The van der Waals surface area contributed by atoms with Crippen LogP contribution in [0.5, 0.6) is 0 Å². The summed E-state index contributed by atoms with van der Waals surface area (Å²) in [5.41, 5.74) is 1.01. The van der Waals surface area contributed by atoms with Gasteiger partial charge in [0, 0.05) is 6.04 Å². The van der Waals surface area contributed by atoms with Gasteiger partial charge in [0.25, 0.3) is 0 Å². The lowest BCUT2D eigenvalue weighted by molar-refractivity contribution is 0.831. The van der Waals surface area contributed by atoms with Crippen LogP contribution in [0.25, 0.3) is 0 Å². The third-order valence-corrected chi connectivity index (χ3v) is 3.22. The van der Waals surface area contributed by atoms with Crippen molar-refractivity contribution >= 4 is 35.2 Å². The van der Waals surface area contributed by atoms with E-state index in [2.05, 4.69) is 15.0 Å². The van der Waals surface area contributed by atoms with Crippen LogP contribution in [0.15, 0.2) is 28.1 Å². The number of rotatable bonds is 1. The van der Waals surface area contributed by atoms with E-state index in [-0.39, 0.29) is 6.04 Å². The first-order chi connectivity index (χ1) is 7.16. The predicted octanol–water partition coefficient (Wildman–Crippen LogP) is 3.13. The van der Waals surface area contributed by atoms with Crippen LogP contribution in [0.2, 0.25) is 5.02 Å². The number of hydrogen-bond donors (Lipinski definition) is 2. The van der Waals surface area contributed by atoms with Gasteiger partial charge in [0.15, 0.2) is 0 Å². The van der Waals surface area contributed by atoms with Gasteiger partial charge in [0.1, 0.15) is 0 Å². The largest absolute Gasteiger partial charge is 0.325 e. The van der Waals surface area contributed by atoms with Gasteiger partial charge < -0.3 is 5.32 Å². The molecule has 0 aliphatic carbocycles. The molecule has 0 radical (unpaired) electrons. The average molecular weight is 242 g/mol. The summed E-state index contributed by atoms with van der Waals surface area (Å²) in [6, 6.07) is 6.06. The van der Waals surface area contributed by atoms with Crippen molar-refractivity contribution in [3.63, 3.8) is 0 Å². The number of nitrogens with one attached hydrogen (secondary N) is 2. The Morgan fingerprint density at radius 2 is 2.20 bits per heavy atom. The van der Waals surface area contributed by atoms with Crippen LogP contribution in [0.3, 0.4) is 0 Å². The summed E-state index contributed by atoms with van der Waals surface area (Å²) in [6.07, 6.45) is 0. The molecule has 2 rings (SSSR count). The Kier molecular flexibility index (Phi) is 3.07. The molecule has 0 aromatic heterocycles.